The monoisotopic (exact) mass is 374 g/mol. The third kappa shape index (κ3) is 5.23. The molecule has 0 radical (unpaired) electrons. The molecular formula is C21H27ClN2O2. The van der Waals surface area contributed by atoms with E-state index in [9.17, 15) is 4.79 Å². The number of halogens is 1. The summed E-state index contributed by atoms with van der Waals surface area (Å²) in [5.74, 6) is 0.455. The molecule has 0 saturated heterocycles. The fourth-order valence-corrected chi connectivity index (χ4v) is 3.20. The van der Waals surface area contributed by atoms with Crippen molar-refractivity contribution < 1.29 is 9.53 Å². The molecule has 140 valence electrons. The van der Waals surface area contributed by atoms with Gasteiger partial charge in [-0.15, -0.1) is 12.4 Å². The van der Waals surface area contributed by atoms with Gasteiger partial charge in [-0.25, -0.2) is 0 Å². The molecule has 2 atom stereocenters. The molecule has 0 aliphatic heterocycles. The summed E-state index contributed by atoms with van der Waals surface area (Å²) >= 11 is 0. The summed E-state index contributed by atoms with van der Waals surface area (Å²) in [5.41, 5.74) is 7.95. The molecule has 0 spiro atoms. The fourth-order valence-electron chi connectivity index (χ4n) is 3.20. The van der Waals surface area contributed by atoms with E-state index in [0.29, 0.717) is 6.10 Å². The van der Waals surface area contributed by atoms with E-state index in [1.807, 2.05) is 61.5 Å². The van der Waals surface area contributed by atoms with Gasteiger partial charge in [0, 0.05) is 11.7 Å². The highest BCUT2D eigenvalue weighted by Gasteiger charge is 2.22. The summed E-state index contributed by atoms with van der Waals surface area (Å²) in [6.07, 6.45) is 5.10. The molecule has 4 nitrogen and oxygen atoms in total. The van der Waals surface area contributed by atoms with Crippen molar-refractivity contribution >= 4 is 24.0 Å². The van der Waals surface area contributed by atoms with Crippen LogP contribution in [0, 0.1) is 5.92 Å². The first kappa shape index (κ1) is 20.3. The first-order chi connectivity index (χ1) is 12.1. The van der Waals surface area contributed by atoms with Crippen molar-refractivity contribution in [2.45, 2.75) is 44.8 Å². The van der Waals surface area contributed by atoms with E-state index in [1.54, 1.807) is 0 Å². The Labute approximate surface area is 161 Å². The van der Waals surface area contributed by atoms with Crippen molar-refractivity contribution in [3.05, 3.63) is 60.2 Å². The summed E-state index contributed by atoms with van der Waals surface area (Å²) < 4.78 is 5.95. The lowest BCUT2D eigenvalue weighted by atomic mass is 9.94. The smallest absolute Gasteiger partial charge is 0.229 e. The van der Waals surface area contributed by atoms with Crippen LogP contribution in [0.15, 0.2) is 54.6 Å². The molecule has 0 heterocycles. The minimum absolute atomic E-state index is 0. The van der Waals surface area contributed by atoms with E-state index in [4.69, 9.17) is 10.5 Å². The summed E-state index contributed by atoms with van der Waals surface area (Å²) in [6.45, 7) is 1.85. The molecule has 1 fully saturated rings. The number of nitrogens with one attached hydrogen (secondary N) is 1. The second kappa shape index (κ2) is 9.60. The highest BCUT2D eigenvalue weighted by molar-refractivity contribution is 5.92. The summed E-state index contributed by atoms with van der Waals surface area (Å²) in [7, 11) is 0. The highest BCUT2D eigenvalue weighted by Crippen LogP contribution is 2.26. The predicted molar refractivity (Wildman–Crippen MR) is 108 cm³/mol. The Hall–Kier alpha value is -2.04. The van der Waals surface area contributed by atoms with E-state index < -0.39 is 0 Å². The topological polar surface area (TPSA) is 64.3 Å². The molecule has 0 bridgehead atoms. The molecule has 26 heavy (non-hydrogen) atoms. The average molecular weight is 375 g/mol. The van der Waals surface area contributed by atoms with Crippen LogP contribution in [0.2, 0.25) is 0 Å². The SMILES string of the molecule is CC(C(=O)Nc1ccc(OC2CCCC2)cc1)C(N)c1ccccc1.Cl. The Morgan fingerprint density at radius 3 is 2.31 bits per heavy atom. The summed E-state index contributed by atoms with van der Waals surface area (Å²) in [6, 6.07) is 17.0. The van der Waals surface area contributed by atoms with E-state index in [0.717, 1.165) is 29.8 Å². The van der Waals surface area contributed by atoms with Gasteiger partial charge in [-0.1, -0.05) is 37.3 Å². The zero-order valence-corrected chi connectivity index (χ0v) is 15.9. The summed E-state index contributed by atoms with van der Waals surface area (Å²) in [5, 5.41) is 2.94. The van der Waals surface area contributed by atoms with E-state index in [-0.39, 0.29) is 30.3 Å². The predicted octanol–water partition coefficient (Wildman–Crippen LogP) is 4.70. The Balaban J connectivity index is 0.00000243. The first-order valence-corrected chi connectivity index (χ1v) is 9.01. The van der Waals surface area contributed by atoms with Gasteiger partial charge in [-0.05, 0) is 55.5 Å². The van der Waals surface area contributed by atoms with Gasteiger partial charge in [-0.3, -0.25) is 4.79 Å². The van der Waals surface area contributed by atoms with Crippen LogP contribution in [0.1, 0.15) is 44.2 Å². The Morgan fingerprint density at radius 2 is 1.69 bits per heavy atom. The van der Waals surface area contributed by atoms with E-state index >= 15 is 0 Å². The van der Waals surface area contributed by atoms with Crippen molar-refractivity contribution in [1.82, 2.24) is 0 Å². The van der Waals surface area contributed by atoms with Crippen molar-refractivity contribution in [3.63, 3.8) is 0 Å². The van der Waals surface area contributed by atoms with Crippen molar-refractivity contribution in [2.75, 3.05) is 5.32 Å². The lowest BCUT2D eigenvalue weighted by Gasteiger charge is -2.20. The van der Waals surface area contributed by atoms with Crippen LogP contribution in [0.5, 0.6) is 5.75 Å². The van der Waals surface area contributed by atoms with Gasteiger partial charge >= 0.3 is 0 Å². The maximum absolute atomic E-state index is 12.5. The number of amides is 1. The number of anilines is 1. The molecule has 0 aromatic heterocycles. The van der Waals surface area contributed by atoms with Crippen LogP contribution >= 0.6 is 12.4 Å². The van der Waals surface area contributed by atoms with E-state index in [2.05, 4.69) is 5.32 Å². The second-order valence-electron chi connectivity index (χ2n) is 6.76. The summed E-state index contributed by atoms with van der Waals surface area (Å²) in [4.78, 5) is 12.5. The van der Waals surface area contributed by atoms with Crippen LogP contribution < -0.4 is 15.8 Å². The number of hydrogen-bond donors (Lipinski definition) is 2. The van der Waals surface area contributed by atoms with Crippen molar-refractivity contribution in [1.29, 1.82) is 0 Å². The van der Waals surface area contributed by atoms with Crippen molar-refractivity contribution in [3.8, 4) is 5.75 Å². The zero-order valence-electron chi connectivity index (χ0n) is 15.1. The third-order valence-electron chi connectivity index (χ3n) is 4.86. The number of carbonyl (C=O) groups is 1. The molecule has 1 saturated carbocycles. The van der Waals surface area contributed by atoms with Gasteiger partial charge in [-0.2, -0.15) is 0 Å². The maximum atomic E-state index is 12.5. The molecular weight excluding hydrogens is 348 g/mol. The average Bonchev–Trinajstić information content (AvgIpc) is 3.16. The first-order valence-electron chi connectivity index (χ1n) is 9.01. The van der Waals surface area contributed by atoms with Crippen molar-refractivity contribution in [2.24, 2.45) is 11.7 Å². The largest absolute Gasteiger partial charge is 0.490 e. The number of hydrogen-bond acceptors (Lipinski definition) is 3. The Kier molecular flexibility index (Phi) is 7.49. The van der Waals surface area contributed by atoms with Crippen LogP contribution in [-0.4, -0.2) is 12.0 Å². The van der Waals surface area contributed by atoms with Gasteiger partial charge in [0.2, 0.25) is 5.91 Å². The van der Waals surface area contributed by atoms with Crippen LogP contribution in [0.4, 0.5) is 5.69 Å². The van der Waals surface area contributed by atoms with Gasteiger partial charge in [0.1, 0.15) is 5.75 Å². The Morgan fingerprint density at radius 1 is 1.08 bits per heavy atom. The minimum Gasteiger partial charge on any atom is -0.490 e. The number of rotatable bonds is 6. The highest BCUT2D eigenvalue weighted by atomic mass is 35.5. The lowest BCUT2D eigenvalue weighted by Crippen LogP contribution is -2.30. The zero-order chi connectivity index (χ0) is 17.6. The molecule has 1 amide bonds. The number of nitrogens with two attached hydrogens (primary N) is 1. The number of ether oxygens (including phenoxy) is 1. The molecule has 1 aliphatic rings. The third-order valence-corrected chi connectivity index (χ3v) is 4.86. The van der Waals surface area contributed by atoms with Gasteiger partial charge in [0.25, 0.3) is 0 Å². The second-order valence-corrected chi connectivity index (χ2v) is 6.76. The molecule has 3 rings (SSSR count). The van der Waals surface area contributed by atoms with Crippen LogP contribution in [0.3, 0.4) is 0 Å². The number of carbonyl (C=O) groups excluding carboxylic acids is 1. The Bertz CT molecular complexity index is 685. The van der Waals surface area contributed by atoms with Gasteiger partial charge < -0.3 is 15.8 Å². The standard InChI is InChI=1S/C21H26N2O2.ClH/c1-15(20(22)16-7-3-2-4-8-16)21(24)23-17-11-13-19(14-12-17)25-18-9-5-6-10-18;/h2-4,7-8,11-15,18,20H,5-6,9-10,22H2,1H3,(H,23,24);1H. The molecule has 3 N–H and O–H groups in total. The molecule has 1 aliphatic carbocycles. The molecule has 2 aromatic carbocycles. The molecule has 5 heteroatoms. The van der Waals surface area contributed by atoms with Gasteiger partial charge in [0.05, 0.1) is 12.0 Å². The van der Waals surface area contributed by atoms with Crippen LogP contribution in [0.25, 0.3) is 0 Å². The number of benzene rings is 2. The van der Waals surface area contributed by atoms with Crippen LogP contribution in [-0.2, 0) is 4.79 Å². The van der Waals surface area contributed by atoms with E-state index in [1.165, 1.54) is 12.8 Å². The van der Waals surface area contributed by atoms with Gasteiger partial charge in [0.15, 0.2) is 0 Å². The lowest BCUT2D eigenvalue weighted by molar-refractivity contribution is -0.120. The maximum Gasteiger partial charge on any atom is 0.229 e. The minimum atomic E-state index is -0.328. The quantitative estimate of drug-likeness (QED) is 0.769. The molecule has 2 unspecified atom stereocenters. The molecule has 2 aromatic rings. The fraction of sp³-hybridized carbons (Fsp3) is 0.381. The normalized spacial score (nSPS) is 16.4.